The molecule has 0 fully saturated rings. The van der Waals surface area contributed by atoms with Gasteiger partial charge in [-0.15, -0.1) is 0 Å². The van der Waals surface area contributed by atoms with Crippen LogP contribution in [-0.2, 0) is 0 Å². The van der Waals surface area contributed by atoms with E-state index in [4.69, 9.17) is 9.40 Å². The number of fused-ring (bicyclic) bond motifs is 3. The lowest BCUT2D eigenvalue weighted by Gasteiger charge is -2.25. The predicted molar refractivity (Wildman–Crippen MR) is 164 cm³/mol. The Bertz CT molecular complexity index is 1920. The molecular weight excluding hydrogens is 488 g/mol. The quantitative estimate of drug-likeness (QED) is 0.230. The van der Waals surface area contributed by atoms with Gasteiger partial charge >= 0.3 is 0 Å². The summed E-state index contributed by atoms with van der Waals surface area (Å²) < 4.78 is 6.38. The van der Waals surface area contributed by atoms with Gasteiger partial charge in [0.05, 0.1) is 0 Å². The molecule has 6 aromatic carbocycles. The van der Waals surface area contributed by atoms with E-state index in [0.717, 1.165) is 45.2 Å². The Morgan fingerprint density at radius 1 is 0.450 bits per heavy atom. The Balaban J connectivity index is 1.15. The molecule has 0 atom stereocenters. The highest BCUT2D eigenvalue weighted by Gasteiger charge is 2.27. The van der Waals surface area contributed by atoms with Crippen molar-refractivity contribution < 1.29 is 4.42 Å². The lowest BCUT2D eigenvalue weighted by atomic mass is 10.0. The van der Waals surface area contributed by atoms with Crippen molar-refractivity contribution >= 4 is 27.8 Å². The molecule has 8 rings (SSSR count). The van der Waals surface area contributed by atoms with Gasteiger partial charge in [0.1, 0.15) is 5.69 Å². The first kappa shape index (κ1) is 22.6. The maximum atomic E-state index is 6.38. The highest BCUT2D eigenvalue weighted by molar-refractivity contribution is 6.13. The SMILES string of the molecule is c1ccc(-c2ccc(N(c3ccccc3)c3ccc(-c4nc5c(o4)-c4cccc6cccc-5c46)cc3)cc2)cc1. The van der Waals surface area contributed by atoms with Gasteiger partial charge in [-0.2, -0.15) is 0 Å². The molecule has 0 amide bonds. The minimum absolute atomic E-state index is 0.640. The topological polar surface area (TPSA) is 29.3 Å². The number of para-hydroxylation sites is 1. The number of anilines is 3. The minimum Gasteiger partial charge on any atom is -0.435 e. The Hall–Kier alpha value is -5.41. The maximum Gasteiger partial charge on any atom is 0.227 e. The van der Waals surface area contributed by atoms with Gasteiger partial charge in [-0.25, -0.2) is 4.98 Å². The van der Waals surface area contributed by atoms with Crippen LogP contribution >= 0.6 is 0 Å². The van der Waals surface area contributed by atoms with E-state index in [1.165, 1.54) is 21.9 Å². The maximum absolute atomic E-state index is 6.38. The number of nitrogens with zero attached hydrogens (tertiary/aromatic N) is 2. The molecule has 0 unspecified atom stereocenters. The summed E-state index contributed by atoms with van der Waals surface area (Å²) in [7, 11) is 0. The monoisotopic (exact) mass is 512 g/mol. The number of hydrogen-bond donors (Lipinski definition) is 0. The van der Waals surface area contributed by atoms with E-state index in [1.807, 2.05) is 12.1 Å². The molecule has 188 valence electrons. The second-order valence-corrected chi connectivity index (χ2v) is 10.0. The summed E-state index contributed by atoms with van der Waals surface area (Å²) in [6.45, 7) is 0. The van der Waals surface area contributed by atoms with Gasteiger partial charge in [-0.3, -0.25) is 0 Å². The molecule has 0 N–H and O–H groups in total. The van der Waals surface area contributed by atoms with E-state index >= 15 is 0 Å². The van der Waals surface area contributed by atoms with Gasteiger partial charge in [0.25, 0.3) is 0 Å². The second-order valence-electron chi connectivity index (χ2n) is 10.0. The zero-order chi connectivity index (χ0) is 26.5. The average molecular weight is 513 g/mol. The molecule has 0 radical (unpaired) electrons. The van der Waals surface area contributed by atoms with Crippen LogP contribution in [0.25, 0.3) is 55.9 Å². The average Bonchev–Trinajstić information content (AvgIpc) is 3.59. The molecule has 1 aromatic heterocycles. The predicted octanol–water partition coefficient (Wildman–Crippen LogP) is 10.3. The fraction of sp³-hybridized carbons (Fsp3) is 0. The summed E-state index contributed by atoms with van der Waals surface area (Å²) in [5, 5.41) is 2.44. The lowest BCUT2D eigenvalue weighted by molar-refractivity contribution is 0.590. The van der Waals surface area contributed by atoms with Crippen LogP contribution in [0, 0.1) is 0 Å². The van der Waals surface area contributed by atoms with Crippen molar-refractivity contribution in [3.8, 4) is 45.2 Å². The summed E-state index contributed by atoms with van der Waals surface area (Å²) in [5.41, 5.74) is 9.81. The number of benzene rings is 6. The first-order valence-electron chi connectivity index (χ1n) is 13.5. The van der Waals surface area contributed by atoms with Gasteiger partial charge in [-0.1, -0.05) is 97.1 Å². The van der Waals surface area contributed by atoms with Crippen LogP contribution in [0.5, 0.6) is 0 Å². The molecule has 0 aliphatic heterocycles. The van der Waals surface area contributed by atoms with E-state index in [9.17, 15) is 0 Å². The normalized spacial score (nSPS) is 11.5. The zero-order valence-electron chi connectivity index (χ0n) is 21.7. The molecule has 1 aliphatic carbocycles. The van der Waals surface area contributed by atoms with Crippen LogP contribution in [-0.4, -0.2) is 4.98 Å². The number of aromatic nitrogens is 1. The summed E-state index contributed by atoms with van der Waals surface area (Å²) in [4.78, 5) is 7.22. The lowest BCUT2D eigenvalue weighted by Crippen LogP contribution is -2.09. The second kappa shape index (κ2) is 9.11. The van der Waals surface area contributed by atoms with Gasteiger partial charge in [-0.05, 0) is 65.0 Å². The summed E-state index contributed by atoms with van der Waals surface area (Å²) in [5.74, 6) is 1.50. The van der Waals surface area contributed by atoms with Gasteiger partial charge in [0.2, 0.25) is 5.89 Å². The van der Waals surface area contributed by atoms with Gasteiger partial charge < -0.3 is 9.32 Å². The van der Waals surface area contributed by atoms with E-state index in [1.54, 1.807) is 0 Å². The molecule has 3 nitrogen and oxygen atoms in total. The molecule has 40 heavy (non-hydrogen) atoms. The largest absolute Gasteiger partial charge is 0.435 e. The fourth-order valence-corrected chi connectivity index (χ4v) is 5.75. The summed E-state index contributed by atoms with van der Waals surface area (Å²) in [6, 6.07) is 50.8. The van der Waals surface area contributed by atoms with Crippen LogP contribution in [0.1, 0.15) is 0 Å². The highest BCUT2D eigenvalue weighted by Crippen LogP contribution is 2.48. The molecule has 0 saturated heterocycles. The fourth-order valence-electron chi connectivity index (χ4n) is 5.75. The zero-order valence-corrected chi connectivity index (χ0v) is 21.7. The van der Waals surface area contributed by atoms with Crippen LogP contribution < -0.4 is 4.90 Å². The third-order valence-electron chi connectivity index (χ3n) is 7.65. The van der Waals surface area contributed by atoms with E-state index in [-0.39, 0.29) is 0 Å². The van der Waals surface area contributed by atoms with E-state index < -0.39 is 0 Å². The molecule has 3 heteroatoms. The number of oxazole rings is 1. The van der Waals surface area contributed by atoms with Gasteiger partial charge in [0.15, 0.2) is 5.76 Å². The van der Waals surface area contributed by atoms with Crippen LogP contribution in [0.4, 0.5) is 17.1 Å². The molecule has 1 heterocycles. The third-order valence-corrected chi connectivity index (χ3v) is 7.65. The van der Waals surface area contributed by atoms with E-state index in [0.29, 0.717) is 5.89 Å². The molecule has 1 aliphatic rings. The molecule has 0 saturated carbocycles. The molecule has 0 bridgehead atoms. The Kier molecular flexibility index (Phi) is 5.14. The van der Waals surface area contributed by atoms with E-state index in [2.05, 4.69) is 138 Å². The Morgan fingerprint density at radius 3 is 1.68 bits per heavy atom. The van der Waals surface area contributed by atoms with Crippen LogP contribution in [0.3, 0.4) is 0 Å². The van der Waals surface area contributed by atoms with Crippen LogP contribution in [0.2, 0.25) is 0 Å². The third kappa shape index (κ3) is 3.63. The van der Waals surface area contributed by atoms with Crippen molar-refractivity contribution in [2.75, 3.05) is 4.90 Å². The van der Waals surface area contributed by atoms with Crippen LogP contribution in [0.15, 0.2) is 150 Å². The van der Waals surface area contributed by atoms with Crippen molar-refractivity contribution in [2.45, 2.75) is 0 Å². The first-order valence-corrected chi connectivity index (χ1v) is 13.5. The van der Waals surface area contributed by atoms with Crippen molar-refractivity contribution in [3.05, 3.63) is 146 Å². The first-order chi connectivity index (χ1) is 19.8. The summed E-state index contributed by atoms with van der Waals surface area (Å²) >= 11 is 0. The van der Waals surface area contributed by atoms with Gasteiger partial charge in [0, 0.05) is 39.1 Å². The van der Waals surface area contributed by atoms with Crippen molar-refractivity contribution in [1.29, 1.82) is 0 Å². The van der Waals surface area contributed by atoms with Crippen molar-refractivity contribution in [2.24, 2.45) is 0 Å². The smallest absolute Gasteiger partial charge is 0.227 e. The Morgan fingerprint density at radius 2 is 1.00 bits per heavy atom. The molecular formula is C37H24N2O. The molecule has 7 aromatic rings. The highest BCUT2D eigenvalue weighted by atomic mass is 16.4. The number of rotatable bonds is 5. The Labute approximate surface area is 232 Å². The van der Waals surface area contributed by atoms with Crippen molar-refractivity contribution in [1.82, 2.24) is 4.98 Å². The standard InChI is InChI=1S/C37H24N2O/c1-3-9-25(10-4-1)26-17-21-30(22-18-26)39(29-13-5-2-6-14-29)31-23-19-28(20-24-31)37-38-35-32-15-7-11-27-12-8-16-33(34(27)32)36(35)40-37/h1-24H. The molecule has 0 spiro atoms. The van der Waals surface area contributed by atoms with Crippen molar-refractivity contribution in [3.63, 3.8) is 0 Å². The minimum atomic E-state index is 0.640. The summed E-state index contributed by atoms with van der Waals surface area (Å²) in [6.07, 6.45) is 0. The number of hydrogen-bond acceptors (Lipinski definition) is 3.